The van der Waals surface area contributed by atoms with Gasteiger partial charge in [-0.25, -0.2) is 0 Å². The minimum atomic E-state index is 0.915. The Labute approximate surface area is 77.9 Å². The van der Waals surface area contributed by atoms with E-state index in [1.807, 2.05) is 0 Å². The van der Waals surface area contributed by atoms with Gasteiger partial charge in [0.2, 0.25) is 0 Å². The maximum Gasteiger partial charge on any atom is -0.00488 e. The van der Waals surface area contributed by atoms with Gasteiger partial charge in [0.1, 0.15) is 0 Å². The van der Waals surface area contributed by atoms with Crippen LogP contribution in [0.25, 0.3) is 0 Å². The van der Waals surface area contributed by atoms with Crippen molar-refractivity contribution in [3.05, 3.63) is 0 Å². The fourth-order valence-corrected chi connectivity index (χ4v) is 1.21. The van der Waals surface area contributed by atoms with E-state index in [0.717, 1.165) is 5.92 Å². The molecule has 1 heteroatoms. The van der Waals surface area contributed by atoms with Crippen molar-refractivity contribution in [3.8, 4) is 0 Å². The van der Waals surface area contributed by atoms with Crippen LogP contribution in [-0.4, -0.2) is 13.1 Å². The summed E-state index contributed by atoms with van der Waals surface area (Å²) in [6.45, 7) is 9.27. The zero-order chi connectivity index (χ0) is 9.23. The fourth-order valence-electron chi connectivity index (χ4n) is 1.21. The summed E-state index contributed by atoms with van der Waals surface area (Å²) in [5, 5.41) is 3.47. The molecule has 0 fully saturated rings. The molecule has 1 nitrogen and oxygen atoms in total. The van der Waals surface area contributed by atoms with Crippen molar-refractivity contribution in [2.45, 2.75) is 52.9 Å². The lowest BCUT2D eigenvalue weighted by molar-refractivity contribution is 0.479. The molecule has 0 bridgehead atoms. The molecule has 0 aromatic heterocycles. The Morgan fingerprint density at radius 2 is 1.75 bits per heavy atom. The van der Waals surface area contributed by atoms with E-state index in [2.05, 4.69) is 26.1 Å². The SMILES string of the molecule is CCCCNCCCC(C)CC. The number of nitrogens with one attached hydrogen (secondary N) is 1. The largest absolute Gasteiger partial charge is 0.317 e. The smallest absolute Gasteiger partial charge is 0.00488 e. The topological polar surface area (TPSA) is 12.0 Å². The molecule has 1 unspecified atom stereocenters. The maximum atomic E-state index is 3.47. The van der Waals surface area contributed by atoms with Crippen molar-refractivity contribution in [1.82, 2.24) is 5.32 Å². The summed E-state index contributed by atoms with van der Waals surface area (Å²) >= 11 is 0. The highest BCUT2D eigenvalue weighted by Crippen LogP contribution is 2.07. The van der Waals surface area contributed by atoms with Gasteiger partial charge < -0.3 is 5.32 Å². The zero-order valence-corrected chi connectivity index (χ0v) is 9.03. The summed E-state index contributed by atoms with van der Waals surface area (Å²) in [5.74, 6) is 0.915. The Morgan fingerprint density at radius 3 is 2.33 bits per heavy atom. The van der Waals surface area contributed by atoms with E-state index in [1.54, 1.807) is 0 Å². The molecule has 0 rings (SSSR count). The third kappa shape index (κ3) is 8.06. The Kier molecular flexibility index (Phi) is 9.02. The van der Waals surface area contributed by atoms with Crippen LogP contribution >= 0.6 is 0 Å². The number of rotatable bonds is 8. The van der Waals surface area contributed by atoms with Gasteiger partial charge in [-0.1, -0.05) is 33.6 Å². The first-order valence-electron chi connectivity index (χ1n) is 5.52. The predicted molar refractivity (Wildman–Crippen MR) is 56.5 cm³/mol. The number of hydrogen-bond acceptors (Lipinski definition) is 1. The molecular formula is C11H25N. The van der Waals surface area contributed by atoms with E-state index in [9.17, 15) is 0 Å². The molecule has 0 aliphatic rings. The molecule has 1 N–H and O–H groups in total. The highest BCUT2D eigenvalue weighted by Gasteiger charge is 1.96. The summed E-state index contributed by atoms with van der Waals surface area (Å²) in [6, 6.07) is 0. The third-order valence-corrected chi connectivity index (χ3v) is 2.45. The van der Waals surface area contributed by atoms with Gasteiger partial charge in [0.05, 0.1) is 0 Å². The minimum absolute atomic E-state index is 0.915. The first-order valence-corrected chi connectivity index (χ1v) is 5.52. The van der Waals surface area contributed by atoms with Gasteiger partial charge in [-0.15, -0.1) is 0 Å². The quantitative estimate of drug-likeness (QED) is 0.553. The van der Waals surface area contributed by atoms with E-state index in [0.29, 0.717) is 0 Å². The molecule has 74 valence electrons. The summed E-state index contributed by atoms with van der Waals surface area (Å²) in [4.78, 5) is 0. The predicted octanol–water partition coefficient (Wildman–Crippen LogP) is 3.20. The van der Waals surface area contributed by atoms with Crippen LogP contribution in [0.1, 0.15) is 52.9 Å². The summed E-state index contributed by atoms with van der Waals surface area (Å²) in [5.41, 5.74) is 0. The van der Waals surface area contributed by atoms with Gasteiger partial charge >= 0.3 is 0 Å². The van der Waals surface area contributed by atoms with Crippen LogP contribution in [0.4, 0.5) is 0 Å². The molecule has 0 amide bonds. The van der Waals surface area contributed by atoms with Gasteiger partial charge in [-0.3, -0.25) is 0 Å². The maximum absolute atomic E-state index is 3.47. The van der Waals surface area contributed by atoms with Crippen molar-refractivity contribution in [1.29, 1.82) is 0 Å². The van der Waals surface area contributed by atoms with Crippen molar-refractivity contribution in [3.63, 3.8) is 0 Å². The van der Waals surface area contributed by atoms with Gasteiger partial charge in [0.25, 0.3) is 0 Å². The van der Waals surface area contributed by atoms with Gasteiger partial charge in [-0.2, -0.15) is 0 Å². The molecule has 0 aromatic carbocycles. The first kappa shape index (κ1) is 12.0. The van der Waals surface area contributed by atoms with E-state index in [1.165, 1.54) is 45.2 Å². The average molecular weight is 171 g/mol. The molecule has 0 saturated carbocycles. The van der Waals surface area contributed by atoms with Crippen LogP contribution in [-0.2, 0) is 0 Å². The Bertz CT molecular complexity index is 81.1. The third-order valence-electron chi connectivity index (χ3n) is 2.45. The fraction of sp³-hybridized carbons (Fsp3) is 1.00. The van der Waals surface area contributed by atoms with E-state index in [4.69, 9.17) is 0 Å². The van der Waals surface area contributed by atoms with E-state index < -0.39 is 0 Å². The summed E-state index contributed by atoms with van der Waals surface area (Å²) in [7, 11) is 0. The Morgan fingerprint density at radius 1 is 1.08 bits per heavy atom. The highest BCUT2D eigenvalue weighted by molar-refractivity contribution is 4.53. The molecule has 12 heavy (non-hydrogen) atoms. The minimum Gasteiger partial charge on any atom is -0.317 e. The van der Waals surface area contributed by atoms with Crippen LogP contribution in [0.15, 0.2) is 0 Å². The molecule has 0 aliphatic heterocycles. The van der Waals surface area contributed by atoms with E-state index in [-0.39, 0.29) is 0 Å². The Hall–Kier alpha value is -0.0400. The second-order valence-corrected chi connectivity index (χ2v) is 3.76. The summed E-state index contributed by atoms with van der Waals surface area (Å²) < 4.78 is 0. The molecule has 0 spiro atoms. The monoisotopic (exact) mass is 171 g/mol. The van der Waals surface area contributed by atoms with Crippen LogP contribution in [0.5, 0.6) is 0 Å². The van der Waals surface area contributed by atoms with Crippen LogP contribution in [0.3, 0.4) is 0 Å². The van der Waals surface area contributed by atoms with Crippen LogP contribution in [0.2, 0.25) is 0 Å². The van der Waals surface area contributed by atoms with Gasteiger partial charge in [-0.05, 0) is 38.3 Å². The number of unbranched alkanes of at least 4 members (excludes halogenated alkanes) is 1. The van der Waals surface area contributed by atoms with E-state index >= 15 is 0 Å². The second kappa shape index (κ2) is 9.05. The van der Waals surface area contributed by atoms with Gasteiger partial charge in [0.15, 0.2) is 0 Å². The van der Waals surface area contributed by atoms with Crippen molar-refractivity contribution >= 4 is 0 Å². The van der Waals surface area contributed by atoms with Crippen molar-refractivity contribution < 1.29 is 0 Å². The molecule has 0 saturated heterocycles. The van der Waals surface area contributed by atoms with Crippen LogP contribution in [0, 0.1) is 5.92 Å². The molecule has 0 aliphatic carbocycles. The molecule has 1 atom stereocenters. The van der Waals surface area contributed by atoms with Crippen LogP contribution < -0.4 is 5.32 Å². The lowest BCUT2D eigenvalue weighted by Gasteiger charge is -2.08. The molecule has 0 heterocycles. The first-order chi connectivity index (χ1) is 5.81. The Balaban J connectivity index is 2.90. The highest BCUT2D eigenvalue weighted by atomic mass is 14.8. The standard InChI is InChI=1S/C11H25N/c1-4-6-9-12-10-7-8-11(3)5-2/h11-12H,4-10H2,1-3H3. The van der Waals surface area contributed by atoms with Gasteiger partial charge in [0, 0.05) is 0 Å². The summed E-state index contributed by atoms with van der Waals surface area (Å²) in [6.07, 6.45) is 6.69. The zero-order valence-electron chi connectivity index (χ0n) is 9.03. The molecular weight excluding hydrogens is 146 g/mol. The van der Waals surface area contributed by atoms with Crippen molar-refractivity contribution in [2.24, 2.45) is 5.92 Å². The lowest BCUT2D eigenvalue weighted by Crippen LogP contribution is -2.16. The molecule has 0 aromatic rings. The normalized spacial score (nSPS) is 13.2. The second-order valence-electron chi connectivity index (χ2n) is 3.76. The number of hydrogen-bond donors (Lipinski definition) is 1. The molecule has 0 radical (unpaired) electrons. The lowest BCUT2D eigenvalue weighted by atomic mass is 10.0. The average Bonchev–Trinajstić information content (AvgIpc) is 2.10. The van der Waals surface area contributed by atoms with Crippen molar-refractivity contribution in [2.75, 3.05) is 13.1 Å².